The number of hydrogen-bond acceptors (Lipinski definition) is 4. The lowest BCUT2D eigenvalue weighted by Crippen LogP contribution is -2.37. The van der Waals surface area contributed by atoms with E-state index in [0.717, 1.165) is 18.2 Å². The van der Waals surface area contributed by atoms with Crippen LogP contribution in [0.4, 0.5) is 0 Å². The lowest BCUT2D eigenvalue weighted by molar-refractivity contribution is 0.254. The van der Waals surface area contributed by atoms with Gasteiger partial charge in [-0.2, -0.15) is 0 Å². The van der Waals surface area contributed by atoms with Crippen LogP contribution >= 0.6 is 0 Å². The topological polar surface area (TPSA) is 63.0 Å². The molecule has 1 aliphatic carbocycles. The monoisotopic (exact) mass is 252 g/mol. The summed E-state index contributed by atoms with van der Waals surface area (Å²) in [5, 5.41) is 20.5. The highest BCUT2D eigenvalue weighted by molar-refractivity contribution is 4.93. The largest absolute Gasteiger partial charge is 0.394 e. The summed E-state index contributed by atoms with van der Waals surface area (Å²) >= 11 is 0. The van der Waals surface area contributed by atoms with Gasteiger partial charge in [-0.05, 0) is 18.8 Å². The molecule has 0 saturated heterocycles. The van der Waals surface area contributed by atoms with E-state index in [2.05, 4.69) is 22.6 Å². The molecule has 5 nitrogen and oxygen atoms in total. The number of nitrogens with zero attached hydrogens (tertiary/aromatic N) is 3. The molecule has 18 heavy (non-hydrogen) atoms. The maximum absolute atomic E-state index is 8.83. The molecule has 0 aliphatic heterocycles. The summed E-state index contributed by atoms with van der Waals surface area (Å²) in [7, 11) is 0. The third-order valence-electron chi connectivity index (χ3n) is 3.89. The van der Waals surface area contributed by atoms with Crippen molar-refractivity contribution in [2.24, 2.45) is 5.92 Å². The molecule has 0 spiro atoms. The molecule has 1 aliphatic rings. The zero-order valence-corrected chi connectivity index (χ0v) is 11.2. The van der Waals surface area contributed by atoms with Crippen LogP contribution in [-0.2, 0) is 13.1 Å². The second kappa shape index (κ2) is 6.85. The fraction of sp³-hybridized carbons (Fsp3) is 0.846. The van der Waals surface area contributed by atoms with Crippen molar-refractivity contribution in [1.82, 2.24) is 20.3 Å². The highest BCUT2D eigenvalue weighted by atomic mass is 16.3. The van der Waals surface area contributed by atoms with Gasteiger partial charge in [-0.1, -0.05) is 31.4 Å². The van der Waals surface area contributed by atoms with Crippen LogP contribution in [0.1, 0.15) is 44.7 Å². The van der Waals surface area contributed by atoms with Crippen molar-refractivity contribution in [1.29, 1.82) is 0 Å². The van der Waals surface area contributed by atoms with Crippen LogP contribution < -0.4 is 5.32 Å². The molecule has 0 bridgehead atoms. The molecule has 1 saturated carbocycles. The first-order chi connectivity index (χ1) is 8.83. The second-order valence-corrected chi connectivity index (χ2v) is 5.14. The molecular formula is C13H24N4O. The number of nitrogens with one attached hydrogen (secondary N) is 1. The predicted molar refractivity (Wildman–Crippen MR) is 70.0 cm³/mol. The van der Waals surface area contributed by atoms with E-state index in [0.29, 0.717) is 12.6 Å². The van der Waals surface area contributed by atoms with Crippen LogP contribution in [0.15, 0.2) is 6.20 Å². The van der Waals surface area contributed by atoms with E-state index >= 15 is 0 Å². The minimum atomic E-state index is 0.108. The van der Waals surface area contributed by atoms with E-state index in [4.69, 9.17) is 5.11 Å². The summed E-state index contributed by atoms with van der Waals surface area (Å²) in [6, 6.07) is 0.631. The Balaban J connectivity index is 1.81. The Hall–Kier alpha value is -0.940. The maximum Gasteiger partial charge on any atom is 0.0964 e. The van der Waals surface area contributed by atoms with E-state index in [1.807, 2.05) is 6.20 Å². The van der Waals surface area contributed by atoms with Crippen molar-refractivity contribution in [2.45, 2.75) is 58.2 Å². The Morgan fingerprint density at radius 2 is 2.28 bits per heavy atom. The van der Waals surface area contributed by atoms with Gasteiger partial charge in [-0.25, -0.2) is 4.68 Å². The van der Waals surface area contributed by atoms with Gasteiger partial charge in [-0.15, -0.1) is 5.10 Å². The van der Waals surface area contributed by atoms with Crippen LogP contribution in [0, 0.1) is 5.92 Å². The van der Waals surface area contributed by atoms with Crippen LogP contribution in [0.3, 0.4) is 0 Å². The normalized spacial score (nSPS) is 24.3. The molecule has 5 heteroatoms. The first kappa shape index (κ1) is 13.5. The molecule has 0 amide bonds. The van der Waals surface area contributed by atoms with Crippen LogP contribution in [0.25, 0.3) is 0 Å². The van der Waals surface area contributed by atoms with Crippen molar-refractivity contribution >= 4 is 0 Å². The van der Waals surface area contributed by atoms with Gasteiger partial charge in [0.05, 0.1) is 18.8 Å². The van der Waals surface area contributed by atoms with Gasteiger partial charge in [0.2, 0.25) is 0 Å². The highest BCUT2D eigenvalue weighted by Crippen LogP contribution is 2.26. The summed E-state index contributed by atoms with van der Waals surface area (Å²) < 4.78 is 1.69. The molecule has 2 atom stereocenters. The van der Waals surface area contributed by atoms with Crippen molar-refractivity contribution in [3.05, 3.63) is 11.9 Å². The van der Waals surface area contributed by atoms with E-state index in [1.165, 1.54) is 32.1 Å². The van der Waals surface area contributed by atoms with Crippen LogP contribution in [0.2, 0.25) is 0 Å². The Bertz CT molecular complexity index is 353. The lowest BCUT2D eigenvalue weighted by Gasteiger charge is -2.31. The van der Waals surface area contributed by atoms with Gasteiger partial charge < -0.3 is 10.4 Å². The Kier molecular flexibility index (Phi) is 5.13. The Labute approximate surface area is 109 Å². The molecule has 0 radical (unpaired) electrons. The lowest BCUT2D eigenvalue weighted by atomic mass is 9.83. The number of aromatic nitrogens is 3. The van der Waals surface area contributed by atoms with E-state index in [-0.39, 0.29) is 6.61 Å². The standard InChI is InChI=1S/C13H24N4O/c1-2-11-5-3-4-6-13(11)14-9-12-10-17(7-8-18)16-15-12/h10-11,13-14,18H,2-9H2,1H3. The van der Waals surface area contributed by atoms with Crippen LogP contribution in [-0.4, -0.2) is 32.7 Å². The third-order valence-corrected chi connectivity index (χ3v) is 3.89. The number of hydrogen-bond donors (Lipinski definition) is 2. The molecule has 1 heterocycles. The zero-order valence-electron chi connectivity index (χ0n) is 11.2. The van der Waals surface area contributed by atoms with Crippen molar-refractivity contribution < 1.29 is 5.11 Å². The Morgan fingerprint density at radius 3 is 3.06 bits per heavy atom. The van der Waals surface area contributed by atoms with Gasteiger partial charge in [0.15, 0.2) is 0 Å². The van der Waals surface area contributed by atoms with Crippen LogP contribution in [0.5, 0.6) is 0 Å². The average Bonchev–Trinajstić information content (AvgIpc) is 2.85. The van der Waals surface area contributed by atoms with Gasteiger partial charge in [0.25, 0.3) is 0 Å². The molecule has 2 N–H and O–H groups in total. The average molecular weight is 252 g/mol. The molecular weight excluding hydrogens is 228 g/mol. The Morgan fingerprint density at radius 1 is 1.44 bits per heavy atom. The van der Waals surface area contributed by atoms with Crippen molar-refractivity contribution in [3.8, 4) is 0 Å². The van der Waals surface area contributed by atoms with E-state index in [9.17, 15) is 0 Å². The quantitative estimate of drug-likeness (QED) is 0.801. The molecule has 2 rings (SSSR count). The zero-order chi connectivity index (χ0) is 12.8. The van der Waals surface area contributed by atoms with E-state index in [1.54, 1.807) is 4.68 Å². The molecule has 0 aromatic carbocycles. The SMILES string of the molecule is CCC1CCCCC1NCc1cn(CCO)nn1. The second-order valence-electron chi connectivity index (χ2n) is 5.14. The number of rotatable bonds is 6. The highest BCUT2D eigenvalue weighted by Gasteiger charge is 2.23. The summed E-state index contributed by atoms with van der Waals surface area (Å²) in [5.74, 6) is 0.811. The summed E-state index contributed by atoms with van der Waals surface area (Å²) in [6.07, 6.45) is 8.52. The maximum atomic E-state index is 8.83. The molecule has 1 aromatic heterocycles. The fourth-order valence-corrected chi connectivity index (χ4v) is 2.83. The summed E-state index contributed by atoms with van der Waals surface area (Å²) in [4.78, 5) is 0. The smallest absolute Gasteiger partial charge is 0.0964 e. The van der Waals surface area contributed by atoms with E-state index < -0.39 is 0 Å². The minimum Gasteiger partial charge on any atom is -0.394 e. The van der Waals surface area contributed by atoms with Gasteiger partial charge in [0, 0.05) is 18.8 Å². The van der Waals surface area contributed by atoms with Crippen molar-refractivity contribution in [3.63, 3.8) is 0 Å². The van der Waals surface area contributed by atoms with Gasteiger partial charge in [0.1, 0.15) is 0 Å². The molecule has 102 valence electrons. The molecule has 1 aromatic rings. The molecule has 1 fully saturated rings. The first-order valence-corrected chi connectivity index (χ1v) is 7.06. The fourth-order valence-electron chi connectivity index (χ4n) is 2.83. The minimum absolute atomic E-state index is 0.108. The third kappa shape index (κ3) is 3.53. The summed E-state index contributed by atoms with van der Waals surface area (Å²) in [5.41, 5.74) is 0.962. The summed E-state index contributed by atoms with van der Waals surface area (Å²) in [6.45, 7) is 3.69. The number of aliphatic hydroxyl groups excluding tert-OH is 1. The van der Waals surface area contributed by atoms with Crippen molar-refractivity contribution in [2.75, 3.05) is 6.61 Å². The van der Waals surface area contributed by atoms with Gasteiger partial charge in [-0.3, -0.25) is 0 Å². The molecule has 2 unspecified atom stereocenters. The van der Waals surface area contributed by atoms with Gasteiger partial charge >= 0.3 is 0 Å². The predicted octanol–water partition coefficient (Wildman–Crippen LogP) is 1.33. The number of aliphatic hydroxyl groups is 1. The first-order valence-electron chi connectivity index (χ1n) is 7.06.